The molecule has 226 valence electrons. The van der Waals surface area contributed by atoms with Gasteiger partial charge in [-0.2, -0.15) is 47.9 Å². The van der Waals surface area contributed by atoms with Crippen LogP contribution in [0.4, 0.5) is 43.9 Å². The fraction of sp³-hybridized carbons (Fsp3) is 0.250. The van der Waals surface area contributed by atoms with Gasteiger partial charge < -0.3 is 9.47 Å². The molecule has 0 N–H and O–H groups in total. The highest BCUT2D eigenvalue weighted by atomic mass is 32.3. The van der Waals surface area contributed by atoms with E-state index in [9.17, 15) is 52.3 Å². The molecule has 17 heteroatoms. The highest BCUT2D eigenvalue weighted by molar-refractivity contribution is 8.33. The van der Waals surface area contributed by atoms with Crippen LogP contribution >= 0.6 is 10.3 Å². The molecule has 3 aromatic carbocycles. The van der Waals surface area contributed by atoms with Crippen molar-refractivity contribution >= 4 is 20.4 Å². The van der Waals surface area contributed by atoms with E-state index in [-0.39, 0.29) is 21.3 Å². The van der Waals surface area contributed by atoms with Crippen molar-refractivity contribution in [2.45, 2.75) is 38.0 Å². The van der Waals surface area contributed by atoms with E-state index in [1.165, 1.54) is 38.5 Å². The number of benzene rings is 3. The number of halogens is 10. The minimum atomic E-state index is -7.54. The average Bonchev–Trinajstić information content (AvgIpc) is 2.91. The Morgan fingerprint density at radius 3 is 1.22 bits per heavy atom. The standard InChI is InChI=1S/C24H18F10O5S2/c1-37-16-5-11-19(12-6-16)40(18-9-3-15(25)4-10-18,20-13-7-17(38-2)8-14-20)39-41(35,36)24(33,34)22(28,29)21(26,27)23(30,31)32/h3-14H,1-2H3. The molecule has 0 unspecified atom stereocenters. The van der Waals surface area contributed by atoms with Crippen LogP contribution in [-0.2, 0) is 13.7 Å². The molecule has 0 spiro atoms. The lowest BCUT2D eigenvalue weighted by Gasteiger charge is -2.41. The first kappa shape index (κ1) is 32.3. The van der Waals surface area contributed by atoms with E-state index in [1.807, 2.05) is 0 Å². The Balaban J connectivity index is 2.39. The lowest BCUT2D eigenvalue weighted by Crippen LogP contribution is -2.63. The first-order valence-corrected chi connectivity index (χ1v) is 13.8. The summed E-state index contributed by atoms with van der Waals surface area (Å²) in [5.74, 6) is -15.7. The third-order valence-corrected chi connectivity index (χ3v) is 10.8. The summed E-state index contributed by atoms with van der Waals surface area (Å²) in [5.41, 5.74) is 0. The monoisotopic (exact) mass is 640 g/mol. The zero-order valence-corrected chi connectivity index (χ0v) is 22.2. The molecular formula is C24H18F10O5S2. The molecule has 0 saturated carbocycles. The second-order valence-electron chi connectivity index (χ2n) is 8.05. The predicted octanol–water partition coefficient (Wildman–Crippen LogP) is 7.81. The molecule has 0 fully saturated rings. The van der Waals surface area contributed by atoms with Gasteiger partial charge in [-0.3, -0.25) is 0 Å². The van der Waals surface area contributed by atoms with E-state index >= 15 is 0 Å². The van der Waals surface area contributed by atoms with E-state index in [0.29, 0.717) is 0 Å². The van der Waals surface area contributed by atoms with Gasteiger partial charge in [0.2, 0.25) is 0 Å². The van der Waals surface area contributed by atoms with Crippen LogP contribution in [0.2, 0.25) is 0 Å². The maximum Gasteiger partial charge on any atom is 0.460 e. The van der Waals surface area contributed by atoms with Crippen LogP contribution in [0.1, 0.15) is 0 Å². The SMILES string of the molecule is COc1ccc(S(OS(=O)(=O)C(F)(F)C(F)(F)C(F)(F)C(F)(F)F)(c2ccc(F)cc2)c2ccc(OC)cc2)cc1. The van der Waals surface area contributed by atoms with Gasteiger partial charge in [0.15, 0.2) is 0 Å². The van der Waals surface area contributed by atoms with Gasteiger partial charge in [0.1, 0.15) is 17.3 Å². The number of rotatable bonds is 10. The molecule has 0 atom stereocenters. The first-order chi connectivity index (χ1) is 18.8. The van der Waals surface area contributed by atoms with E-state index in [4.69, 9.17) is 13.1 Å². The first-order valence-electron chi connectivity index (χ1n) is 10.8. The molecule has 0 bridgehead atoms. The quantitative estimate of drug-likeness (QED) is 0.212. The van der Waals surface area contributed by atoms with Crippen LogP contribution in [0.5, 0.6) is 11.5 Å². The van der Waals surface area contributed by atoms with Gasteiger partial charge in [-0.25, -0.2) is 8.02 Å². The van der Waals surface area contributed by atoms with Crippen LogP contribution in [0.15, 0.2) is 87.5 Å². The summed E-state index contributed by atoms with van der Waals surface area (Å²) in [6, 6.07) is 12.0. The minimum Gasteiger partial charge on any atom is -0.497 e. The van der Waals surface area contributed by atoms with Crippen molar-refractivity contribution in [1.29, 1.82) is 0 Å². The van der Waals surface area contributed by atoms with Crippen molar-refractivity contribution in [2.75, 3.05) is 14.2 Å². The maximum absolute atomic E-state index is 14.9. The Bertz CT molecular complexity index is 1410. The Labute approximate surface area is 228 Å². The smallest absolute Gasteiger partial charge is 0.460 e. The number of alkyl halides is 9. The molecule has 3 aromatic rings. The molecule has 0 saturated heterocycles. The van der Waals surface area contributed by atoms with Crippen LogP contribution in [0.25, 0.3) is 0 Å². The molecule has 0 aliphatic carbocycles. The van der Waals surface area contributed by atoms with E-state index in [2.05, 4.69) is 0 Å². The Hall–Kier alpha value is -3.18. The fourth-order valence-electron chi connectivity index (χ4n) is 3.38. The molecule has 0 aromatic heterocycles. The highest BCUT2D eigenvalue weighted by Crippen LogP contribution is 2.71. The number of methoxy groups -OCH3 is 2. The van der Waals surface area contributed by atoms with Crippen molar-refractivity contribution in [1.82, 2.24) is 0 Å². The molecule has 41 heavy (non-hydrogen) atoms. The van der Waals surface area contributed by atoms with Crippen LogP contribution < -0.4 is 9.47 Å². The number of hydrogen-bond donors (Lipinski definition) is 0. The molecule has 3 rings (SSSR count). The summed E-state index contributed by atoms with van der Waals surface area (Å²) >= 11 is 0. The zero-order chi connectivity index (χ0) is 31.1. The van der Waals surface area contributed by atoms with E-state index in [0.717, 1.165) is 48.5 Å². The van der Waals surface area contributed by atoms with Gasteiger partial charge in [0.25, 0.3) is 0 Å². The van der Waals surface area contributed by atoms with Gasteiger partial charge in [-0.15, -0.1) is 0 Å². The largest absolute Gasteiger partial charge is 0.497 e. The molecule has 0 amide bonds. The van der Waals surface area contributed by atoms with Crippen molar-refractivity contribution in [3.05, 3.63) is 78.6 Å². The normalized spacial score (nSPS) is 14.0. The Kier molecular flexibility index (Phi) is 8.60. The average molecular weight is 641 g/mol. The summed E-state index contributed by atoms with van der Waals surface area (Å²) < 4.78 is 178. The van der Waals surface area contributed by atoms with Crippen molar-refractivity contribution < 1.29 is 65.4 Å². The zero-order valence-electron chi connectivity index (χ0n) is 20.6. The molecular weight excluding hydrogens is 622 g/mol. The maximum atomic E-state index is 14.9. The minimum absolute atomic E-state index is 0.125. The van der Waals surface area contributed by atoms with Crippen molar-refractivity contribution in [3.8, 4) is 11.5 Å². The van der Waals surface area contributed by atoms with Crippen LogP contribution in [-0.4, -0.2) is 45.9 Å². The molecule has 0 aliphatic rings. The summed E-state index contributed by atoms with van der Waals surface area (Å²) in [6.07, 6.45) is -7.28. The van der Waals surface area contributed by atoms with Crippen LogP contribution in [0, 0.1) is 5.82 Å². The lowest BCUT2D eigenvalue weighted by molar-refractivity contribution is -0.382. The van der Waals surface area contributed by atoms with E-state index in [1.54, 1.807) is 0 Å². The highest BCUT2D eigenvalue weighted by Gasteiger charge is 2.86. The Morgan fingerprint density at radius 2 is 0.902 bits per heavy atom. The second-order valence-corrected chi connectivity index (χ2v) is 12.5. The predicted molar refractivity (Wildman–Crippen MR) is 126 cm³/mol. The van der Waals surface area contributed by atoms with Gasteiger partial charge >= 0.3 is 33.4 Å². The Morgan fingerprint density at radius 1 is 0.561 bits per heavy atom. The summed E-state index contributed by atoms with van der Waals surface area (Å²) in [5, 5.41) is -7.14. The van der Waals surface area contributed by atoms with E-state index < -0.39 is 54.4 Å². The number of hydrogen-bond acceptors (Lipinski definition) is 5. The topological polar surface area (TPSA) is 61.8 Å². The summed E-state index contributed by atoms with van der Waals surface area (Å²) in [7, 11) is -9.22. The second kappa shape index (κ2) is 10.9. The third kappa shape index (κ3) is 5.41. The van der Waals surface area contributed by atoms with Gasteiger partial charge in [-0.05, 0) is 83.1 Å². The summed E-state index contributed by atoms with van der Waals surface area (Å²) in [6.45, 7) is 0. The molecule has 0 radical (unpaired) electrons. The fourth-order valence-corrected chi connectivity index (χ4v) is 8.56. The number of ether oxygens (including phenoxy) is 2. The molecule has 5 nitrogen and oxygen atoms in total. The summed E-state index contributed by atoms with van der Waals surface area (Å²) in [4.78, 5) is -1.17. The lowest BCUT2D eigenvalue weighted by atomic mass is 10.1. The van der Waals surface area contributed by atoms with Crippen LogP contribution in [0.3, 0.4) is 0 Å². The van der Waals surface area contributed by atoms with Gasteiger partial charge in [-0.1, -0.05) is 0 Å². The van der Waals surface area contributed by atoms with Gasteiger partial charge in [0, 0.05) is 14.7 Å². The van der Waals surface area contributed by atoms with Crippen molar-refractivity contribution in [3.63, 3.8) is 0 Å². The van der Waals surface area contributed by atoms with Crippen molar-refractivity contribution in [2.24, 2.45) is 0 Å². The van der Waals surface area contributed by atoms with Gasteiger partial charge in [0.05, 0.1) is 14.2 Å². The third-order valence-electron chi connectivity index (χ3n) is 5.55. The molecule has 0 aliphatic heterocycles. The molecule has 0 heterocycles.